The summed E-state index contributed by atoms with van der Waals surface area (Å²) in [7, 11) is 0. The number of rotatable bonds is 4. The van der Waals surface area contributed by atoms with Gasteiger partial charge in [-0.05, 0) is 49.7 Å². The van der Waals surface area contributed by atoms with Gasteiger partial charge in [0.1, 0.15) is 5.52 Å². The van der Waals surface area contributed by atoms with Crippen molar-refractivity contribution in [1.82, 2.24) is 20.3 Å². The lowest BCUT2D eigenvalue weighted by atomic mass is 10.1. The van der Waals surface area contributed by atoms with E-state index in [1.54, 1.807) is 16.8 Å². The molecule has 0 spiro atoms. The third-order valence-corrected chi connectivity index (χ3v) is 4.05. The zero-order chi connectivity index (χ0) is 16.4. The molecule has 0 fully saturated rings. The lowest BCUT2D eigenvalue weighted by Crippen LogP contribution is -2.26. The van der Waals surface area contributed by atoms with Crippen LogP contribution < -0.4 is 5.32 Å². The molecule has 3 rings (SSSR count). The Bertz CT molecular complexity index is 841. The maximum absolute atomic E-state index is 12.4. The van der Waals surface area contributed by atoms with Gasteiger partial charge in [0, 0.05) is 17.1 Å². The summed E-state index contributed by atoms with van der Waals surface area (Å²) in [5.74, 6) is -0.139. The number of nitrogens with zero attached hydrogens (tertiary/aromatic N) is 3. The van der Waals surface area contributed by atoms with Crippen LogP contribution in [0.3, 0.4) is 0 Å². The van der Waals surface area contributed by atoms with Crippen LogP contribution in [0, 0.1) is 0 Å². The highest BCUT2D eigenvalue weighted by Crippen LogP contribution is 2.18. The first-order chi connectivity index (χ1) is 11.1. The number of hydrogen-bond donors (Lipinski definition) is 1. The molecule has 6 heteroatoms. The highest BCUT2D eigenvalue weighted by Gasteiger charge is 2.13. The van der Waals surface area contributed by atoms with E-state index in [1.807, 2.05) is 44.2 Å². The molecule has 0 aliphatic heterocycles. The van der Waals surface area contributed by atoms with Gasteiger partial charge in [0.15, 0.2) is 0 Å². The van der Waals surface area contributed by atoms with Crippen molar-refractivity contribution in [2.45, 2.75) is 26.4 Å². The Hall–Kier alpha value is -2.40. The summed E-state index contributed by atoms with van der Waals surface area (Å²) in [5, 5.41) is 11.8. The first-order valence-corrected chi connectivity index (χ1v) is 7.86. The van der Waals surface area contributed by atoms with E-state index in [-0.39, 0.29) is 11.9 Å². The predicted octanol–water partition coefficient (Wildman–Crippen LogP) is 3.60. The lowest BCUT2D eigenvalue weighted by Gasteiger charge is -2.14. The first-order valence-electron chi connectivity index (χ1n) is 7.48. The SMILES string of the molecule is CCn1nnc2cc(C(=O)N[C@@H](C)c3ccc(Cl)cc3)ccc21. The van der Waals surface area contributed by atoms with Gasteiger partial charge in [0.25, 0.3) is 5.91 Å². The summed E-state index contributed by atoms with van der Waals surface area (Å²) in [6.45, 7) is 4.69. The molecule has 0 radical (unpaired) electrons. The van der Waals surface area contributed by atoms with Crippen molar-refractivity contribution in [3.05, 3.63) is 58.6 Å². The monoisotopic (exact) mass is 328 g/mol. The molecule has 5 nitrogen and oxygen atoms in total. The zero-order valence-corrected chi connectivity index (χ0v) is 13.7. The van der Waals surface area contributed by atoms with Gasteiger partial charge in [-0.3, -0.25) is 4.79 Å². The van der Waals surface area contributed by atoms with Crippen molar-refractivity contribution in [2.24, 2.45) is 0 Å². The van der Waals surface area contributed by atoms with Gasteiger partial charge in [-0.1, -0.05) is 28.9 Å². The topological polar surface area (TPSA) is 59.8 Å². The van der Waals surface area contributed by atoms with E-state index >= 15 is 0 Å². The highest BCUT2D eigenvalue weighted by atomic mass is 35.5. The van der Waals surface area contributed by atoms with Crippen LogP contribution in [0.25, 0.3) is 11.0 Å². The molecule has 3 aromatic rings. The third-order valence-electron chi connectivity index (χ3n) is 3.79. The van der Waals surface area contributed by atoms with Gasteiger partial charge in [-0.2, -0.15) is 0 Å². The molecule has 0 aliphatic rings. The van der Waals surface area contributed by atoms with Crippen molar-refractivity contribution < 1.29 is 4.79 Å². The first kappa shape index (κ1) is 15.5. The molecule has 0 aliphatic carbocycles. The summed E-state index contributed by atoms with van der Waals surface area (Å²) in [4.78, 5) is 12.4. The van der Waals surface area contributed by atoms with Crippen LogP contribution in [0.4, 0.5) is 0 Å². The Morgan fingerprint density at radius 3 is 2.70 bits per heavy atom. The summed E-state index contributed by atoms with van der Waals surface area (Å²) in [5.41, 5.74) is 3.22. The minimum Gasteiger partial charge on any atom is -0.346 e. The predicted molar refractivity (Wildman–Crippen MR) is 90.5 cm³/mol. The van der Waals surface area contributed by atoms with Crippen LogP contribution in [0.1, 0.15) is 35.8 Å². The van der Waals surface area contributed by atoms with Gasteiger partial charge < -0.3 is 5.32 Å². The fraction of sp³-hybridized carbons (Fsp3) is 0.235. The number of carbonyl (C=O) groups excluding carboxylic acids is 1. The molecule has 0 saturated heterocycles. The second-order valence-corrected chi connectivity index (χ2v) is 5.79. The van der Waals surface area contributed by atoms with Crippen LogP contribution in [0.5, 0.6) is 0 Å². The Morgan fingerprint density at radius 2 is 2.00 bits per heavy atom. The molecule has 1 atom stereocenters. The van der Waals surface area contributed by atoms with E-state index in [1.165, 1.54) is 0 Å². The van der Waals surface area contributed by atoms with E-state index in [0.717, 1.165) is 23.1 Å². The van der Waals surface area contributed by atoms with E-state index in [4.69, 9.17) is 11.6 Å². The molecular weight excluding hydrogens is 312 g/mol. The smallest absolute Gasteiger partial charge is 0.251 e. The van der Waals surface area contributed by atoms with E-state index in [9.17, 15) is 4.79 Å². The number of benzene rings is 2. The fourth-order valence-electron chi connectivity index (χ4n) is 2.46. The maximum Gasteiger partial charge on any atom is 0.251 e. The molecule has 2 aromatic carbocycles. The average Bonchev–Trinajstić information content (AvgIpc) is 2.97. The van der Waals surface area contributed by atoms with Gasteiger partial charge in [0.2, 0.25) is 0 Å². The second kappa shape index (κ2) is 6.38. The molecular formula is C17H17ClN4O. The zero-order valence-electron chi connectivity index (χ0n) is 13.0. The van der Waals surface area contributed by atoms with Gasteiger partial charge in [-0.25, -0.2) is 4.68 Å². The quantitative estimate of drug-likeness (QED) is 0.796. The van der Waals surface area contributed by atoms with Crippen molar-refractivity contribution in [3.63, 3.8) is 0 Å². The number of carbonyl (C=O) groups is 1. The second-order valence-electron chi connectivity index (χ2n) is 5.36. The molecule has 1 heterocycles. The fourth-order valence-corrected chi connectivity index (χ4v) is 2.59. The van der Waals surface area contributed by atoms with E-state index < -0.39 is 0 Å². The van der Waals surface area contributed by atoms with Crippen LogP contribution >= 0.6 is 11.6 Å². The summed E-state index contributed by atoms with van der Waals surface area (Å²) in [6, 6.07) is 12.8. The minimum atomic E-state index is -0.139. The highest BCUT2D eigenvalue weighted by molar-refractivity contribution is 6.30. The molecule has 1 aromatic heterocycles. The lowest BCUT2D eigenvalue weighted by molar-refractivity contribution is 0.0940. The average molecular weight is 329 g/mol. The van der Waals surface area contributed by atoms with Crippen LogP contribution in [-0.4, -0.2) is 20.9 Å². The molecule has 0 saturated carbocycles. The number of aryl methyl sites for hydroxylation is 1. The number of aromatic nitrogens is 3. The normalized spacial score (nSPS) is 12.3. The molecule has 118 valence electrons. The molecule has 1 amide bonds. The van der Waals surface area contributed by atoms with Crippen molar-refractivity contribution in [2.75, 3.05) is 0 Å². The van der Waals surface area contributed by atoms with Crippen LogP contribution in [0.15, 0.2) is 42.5 Å². The van der Waals surface area contributed by atoms with E-state index in [0.29, 0.717) is 10.6 Å². The van der Waals surface area contributed by atoms with Crippen molar-refractivity contribution in [1.29, 1.82) is 0 Å². The Morgan fingerprint density at radius 1 is 1.26 bits per heavy atom. The number of amides is 1. The number of halogens is 1. The van der Waals surface area contributed by atoms with Crippen LogP contribution in [0.2, 0.25) is 5.02 Å². The number of hydrogen-bond acceptors (Lipinski definition) is 3. The van der Waals surface area contributed by atoms with Gasteiger partial charge in [0.05, 0.1) is 11.6 Å². The third kappa shape index (κ3) is 3.19. The Balaban J connectivity index is 1.78. The number of nitrogens with one attached hydrogen (secondary N) is 1. The minimum absolute atomic E-state index is 0.109. The maximum atomic E-state index is 12.4. The summed E-state index contributed by atoms with van der Waals surface area (Å²) >= 11 is 5.89. The summed E-state index contributed by atoms with van der Waals surface area (Å²) < 4.78 is 1.80. The summed E-state index contributed by atoms with van der Waals surface area (Å²) in [6.07, 6.45) is 0. The Kier molecular flexibility index (Phi) is 4.30. The molecule has 0 unspecified atom stereocenters. The van der Waals surface area contributed by atoms with Crippen molar-refractivity contribution in [3.8, 4) is 0 Å². The Labute approximate surface area is 139 Å². The standard InChI is InChI=1S/C17H17ClN4O/c1-3-22-16-9-6-13(10-15(16)20-21-22)17(23)19-11(2)12-4-7-14(18)8-5-12/h4-11H,3H2,1-2H3,(H,19,23)/t11-/m0/s1. The molecule has 0 bridgehead atoms. The van der Waals surface area contributed by atoms with Gasteiger partial charge >= 0.3 is 0 Å². The molecule has 23 heavy (non-hydrogen) atoms. The van der Waals surface area contributed by atoms with Crippen LogP contribution in [-0.2, 0) is 6.54 Å². The largest absolute Gasteiger partial charge is 0.346 e. The van der Waals surface area contributed by atoms with Crippen molar-refractivity contribution >= 4 is 28.5 Å². The molecule has 1 N–H and O–H groups in total. The number of fused-ring (bicyclic) bond motifs is 1. The van der Waals surface area contributed by atoms with E-state index in [2.05, 4.69) is 15.6 Å². The van der Waals surface area contributed by atoms with Gasteiger partial charge in [-0.15, -0.1) is 5.10 Å².